The first-order valence-corrected chi connectivity index (χ1v) is 5.29. The van der Waals surface area contributed by atoms with Gasteiger partial charge in [-0.3, -0.25) is 9.59 Å². The largest absolute Gasteiger partial charge is 0.374 e. The van der Waals surface area contributed by atoms with E-state index in [0.717, 1.165) is 0 Å². The van der Waals surface area contributed by atoms with Crippen LogP contribution in [0.4, 0.5) is 5.69 Å². The fourth-order valence-electron chi connectivity index (χ4n) is 1.46. The monoisotopic (exact) mass is 235 g/mol. The molecule has 1 aromatic carbocycles. The minimum Gasteiger partial charge on any atom is -0.374 e. The van der Waals surface area contributed by atoms with Gasteiger partial charge >= 0.3 is 0 Å². The van der Waals surface area contributed by atoms with Crippen molar-refractivity contribution < 1.29 is 9.59 Å². The quantitative estimate of drug-likeness (QED) is 0.805. The summed E-state index contributed by atoms with van der Waals surface area (Å²) in [5.41, 5.74) is 6.29. The molecule has 0 aromatic heterocycles. The van der Waals surface area contributed by atoms with Crippen LogP contribution in [0.25, 0.3) is 0 Å². The lowest BCUT2D eigenvalue weighted by molar-refractivity contribution is -0.129. The van der Waals surface area contributed by atoms with Gasteiger partial charge in [-0.05, 0) is 25.1 Å². The number of primary amides is 1. The number of hydrogen-bond donors (Lipinski definition) is 2. The molecule has 5 nitrogen and oxygen atoms in total. The molecule has 2 amide bonds. The lowest BCUT2D eigenvalue weighted by Crippen LogP contribution is -2.36. The van der Waals surface area contributed by atoms with Crippen LogP contribution >= 0.6 is 0 Å². The van der Waals surface area contributed by atoms with Gasteiger partial charge in [-0.15, -0.1) is 0 Å². The van der Waals surface area contributed by atoms with Gasteiger partial charge in [0.1, 0.15) is 6.04 Å². The lowest BCUT2D eigenvalue weighted by Gasteiger charge is -2.19. The number of hydrogen-bond acceptors (Lipinski definition) is 3. The van der Waals surface area contributed by atoms with Crippen LogP contribution in [-0.4, -0.2) is 36.9 Å². The molecule has 17 heavy (non-hydrogen) atoms. The van der Waals surface area contributed by atoms with E-state index in [4.69, 9.17) is 5.73 Å². The van der Waals surface area contributed by atoms with Gasteiger partial charge in [0.15, 0.2) is 0 Å². The molecule has 0 bridgehead atoms. The van der Waals surface area contributed by atoms with E-state index in [1.54, 1.807) is 45.3 Å². The van der Waals surface area contributed by atoms with Crippen molar-refractivity contribution in [1.82, 2.24) is 4.90 Å². The predicted octanol–water partition coefficient (Wildman–Crippen LogP) is 0.674. The third-order valence-electron chi connectivity index (χ3n) is 2.34. The van der Waals surface area contributed by atoms with Crippen LogP contribution in [0.15, 0.2) is 24.3 Å². The Morgan fingerprint density at radius 1 is 1.35 bits per heavy atom. The second-order valence-electron chi connectivity index (χ2n) is 4.04. The molecule has 0 radical (unpaired) electrons. The molecular weight excluding hydrogens is 218 g/mol. The Labute approximate surface area is 101 Å². The van der Waals surface area contributed by atoms with Gasteiger partial charge in [-0.25, -0.2) is 0 Å². The highest BCUT2D eigenvalue weighted by Gasteiger charge is 2.14. The molecule has 3 N–H and O–H groups in total. The van der Waals surface area contributed by atoms with Gasteiger partial charge < -0.3 is 16.0 Å². The van der Waals surface area contributed by atoms with Crippen molar-refractivity contribution in [3.8, 4) is 0 Å². The third kappa shape index (κ3) is 3.48. The number of benzene rings is 1. The molecule has 1 aromatic rings. The van der Waals surface area contributed by atoms with Gasteiger partial charge in [-0.2, -0.15) is 0 Å². The van der Waals surface area contributed by atoms with E-state index in [1.807, 2.05) is 0 Å². The summed E-state index contributed by atoms with van der Waals surface area (Å²) in [6.07, 6.45) is 0. The van der Waals surface area contributed by atoms with Gasteiger partial charge in [0, 0.05) is 25.3 Å². The zero-order valence-corrected chi connectivity index (χ0v) is 10.2. The predicted molar refractivity (Wildman–Crippen MR) is 66.7 cm³/mol. The Bertz CT molecular complexity index is 430. The van der Waals surface area contributed by atoms with Crippen molar-refractivity contribution in [1.29, 1.82) is 0 Å². The van der Waals surface area contributed by atoms with E-state index in [1.165, 1.54) is 4.90 Å². The number of nitrogens with one attached hydrogen (secondary N) is 1. The highest BCUT2D eigenvalue weighted by atomic mass is 16.2. The van der Waals surface area contributed by atoms with Crippen LogP contribution in [0.5, 0.6) is 0 Å². The summed E-state index contributed by atoms with van der Waals surface area (Å²) in [5.74, 6) is -0.519. The topological polar surface area (TPSA) is 75.4 Å². The van der Waals surface area contributed by atoms with Crippen molar-refractivity contribution >= 4 is 17.5 Å². The van der Waals surface area contributed by atoms with Crippen LogP contribution in [-0.2, 0) is 4.79 Å². The van der Waals surface area contributed by atoms with Crippen LogP contribution in [0, 0.1) is 0 Å². The number of likely N-dealkylation sites (N-methyl/N-ethyl adjacent to an activating group) is 1. The summed E-state index contributed by atoms with van der Waals surface area (Å²) in [7, 11) is 3.39. The van der Waals surface area contributed by atoms with E-state index < -0.39 is 5.91 Å². The summed E-state index contributed by atoms with van der Waals surface area (Å²) in [6.45, 7) is 1.76. The summed E-state index contributed by atoms with van der Waals surface area (Å²) < 4.78 is 0. The molecule has 0 aliphatic carbocycles. The number of carbonyl (C=O) groups excluding carboxylic acids is 2. The van der Waals surface area contributed by atoms with Crippen molar-refractivity contribution in [3.63, 3.8) is 0 Å². The minimum atomic E-state index is -0.486. The Morgan fingerprint density at radius 3 is 2.53 bits per heavy atom. The zero-order chi connectivity index (χ0) is 13.0. The molecule has 5 heteroatoms. The molecule has 0 saturated heterocycles. The highest BCUT2D eigenvalue weighted by Crippen LogP contribution is 2.11. The molecular formula is C12H17N3O2. The van der Waals surface area contributed by atoms with Crippen LogP contribution < -0.4 is 11.1 Å². The minimum absolute atomic E-state index is 0.0329. The van der Waals surface area contributed by atoms with Crippen molar-refractivity contribution in [2.45, 2.75) is 13.0 Å². The van der Waals surface area contributed by atoms with Crippen molar-refractivity contribution in [2.24, 2.45) is 5.73 Å². The van der Waals surface area contributed by atoms with Crippen molar-refractivity contribution in [3.05, 3.63) is 29.8 Å². The number of nitrogens with two attached hydrogens (primary N) is 1. The average Bonchev–Trinajstić information content (AvgIpc) is 2.28. The molecule has 0 spiro atoms. The van der Waals surface area contributed by atoms with Gasteiger partial charge in [-0.1, -0.05) is 6.07 Å². The average molecular weight is 235 g/mol. The molecule has 1 atom stereocenters. The second kappa shape index (κ2) is 5.34. The zero-order valence-electron chi connectivity index (χ0n) is 10.2. The molecule has 0 saturated carbocycles. The van der Waals surface area contributed by atoms with E-state index in [0.29, 0.717) is 11.3 Å². The fourth-order valence-corrected chi connectivity index (χ4v) is 1.46. The summed E-state index contributed by atoms with van der Waals surface area (Å²) in [6, 6.07) is 6.41. The molecule has 0 aliphatic rings. The van der Waals surface area contributed by atoms with Gasteiger partial charge in [0.05, 0.1) is 0 Å². The van der Waals surface area contributed by atoms with Crippen molar-refractivity contribution in [2.75, 3.05) is 19.4 Å². The number of amides is 2. The molecule has 1 rings (SSSR count). The Hall–Kier alpha value is -2.04. The first-order valence-electron chi connectivity index (χ1n) is 5.29. The Kier molecular flexibility index (Phi) is 4.09. The Morgan fingerprint density at radius 2 is 2.00 bits per heavy atom. The molecule has 0 heterocycles. The standard InChI is InChI=1S/C12H17N3O2/c1-8(12(17)15(2)3)14-10-6-4-5-9(7-10)11(13)16/h4-8,14H,1-3H3,(H2,13,16). The van der Waals surface area contributed by atoms with E-state index in [2.05, 4.69) is 5.32 Å². The van der Waals surface area contributed by atoms with E-state index in [-0.39, 0.29) is 11.9 Å². The van der Waals surface area contributed by atoms with E-state index >= 15 is 0 Å². The smallest absolute Gasteiger partial charge is 0.248 e. The maximum atomic E-state index is 11.6. The number of carbonyl (C=O) groups is 2. The molecule has 92 valence electrons. The number of anilines is 1. The first-order chi connectivity index (χ1) is 7.91. The normalized spacial score (nSPS) is 11.7. The van der Waals surface area contributed by atoms with Crippen LogP contribution in [0.3, 0.4) is 0 Å². The van der Waals surface area contributed by atoms with Crippen LogP contribution in [0.2, 0.25) is 0 Å². The number of rotatable bonds is 4. The molecule has 0 aliphatic heterocycles. The van der Waals surface area contributed by atoms with Crippen LogP contribution in [0.1, 0.15) is 17.3 Å². The Balaban J connectivity index is 2.78. The number of nitrogens with zero attached hydrogens (tertiary/aromatic N) is 1. The maximum absolute atomic E-state index is 11.6. The van der Waals surface area contributed by atoms with Gasteiger partial charge in [0.2, 0.25) is 11.8 Å². The third-order valence-corrected chi connectivity index (χ3v) is 2.34. The summed E-state index contributed by atoms with van der Waals surface area (Å²) in [4.78, 5) is 24.1. The van der Waals surface area contributed by atoms with Gasteiger partial charge in [0.25, 0.3) is 0 Å². The summed E-state index contributed by atoms with van der Waals surface area (Å²) >= 11 is 0. The maximum Gasteiger partial charge on any atom is 0.248 e. The first kappa shape index (κ1) is 13.0. The molecule has 0 fully saturated rings. The fraction of sp³-hybridized carbons (Fsp3) is 0.333. The summed E-state index contributed by atoms with van der Waals surface area (Å²) in [5, 5.41) is 3.02. The highest BCUT2D eigenvalue weighted by molar-refractivity contribution is 5.94. The molecule has 1 unspecified atom stereocenters. The second-order valence-corrected chi connectivity index (χ2v) is 4.04. The lowest BCUT2D eigenvalue weighted by atomic mass is 10.2. The van der Waals surface area contributed by atoms with E-state index in [9.17, 15) is 9.59 Å². The SMILES string of the molecule is CC(Nc1cccc(C(N)=O)c1)C(=O)N(C)C.